The van der Waals surface area contributed by atoms with Gasteiger partial charge in [0.2, 0.25) is 0 Å². The first-order valence-electron chi connectivity index (χ1n) is 5.39. The number of carboxylic acid groups (broad SMARTS) is 1. The van der Waals surface area contributed by atoms with Gasteiger partial charge < -0.3 is 9.84 Å². The molecule has 90 valence electrons. The van der Waals surface area contributed by atoms with E-state index in [0.29, 0.717) is 6.42 Å². The molecular weight excluding hydrogens is 236 g/mol. The molecule has 2 rings (SSSR count). The second-order valence-corrected chi connectivity index (χ2v) is 5.04. The molecule has 0 spiro atoms. The maximum Gasteiger partial charge on any atom is 0.303 e. The lowest BCUT2D eigenvalue weighted by Gasteiger charge is -1.99. The van der Waals surface area contributed by atoms with E-state index in [9.17, 15) is 4.79 Å². The van der Waals surface area contributed by atoms with Crippen molar-refractivity contribution < 1.29 is 14.6 Å². The van der Waals surface area contributed by atoms with Crippen molar-refractivity contribution in [1.82, 2.24) is 0 Å². The van der Waals surface area contributed by atoms with Crippen molar-refractivity contribution in [3.63, 3.8) is 0 Å². The van der Waals surface area contributed by atoms with Crippen molar-refractivity contribution in [3.8, 4) is 5.75 Å². The number of fused-ring (bicyclic) bond motifs is 1. The largest absolute Gasteiger partial charge is 0.497 e. The van der Waals surface area contributed by atoms with E-state index in [2.05, 4.69) is 0 Å². The minimum Gasteiger partial charge on any atom is -0.497 e. The van der Waals surface area contributed by atoms with E-state index in [1.54, 1.807) is 18.4 Å². The monoisotopic (exact) mass is 250 g/mol. The summed E-state index contributed by atoms with van der Waals surface area (Å²) in [5.41, 5.74) is 1.17. The first kappa shape index (κ1) is 11.9. The van der Waals surface area contributed by atoms with Gasteiger partial charge in [0.1, 0.15) is 5.75 Å². The number of hydrogen-bond donors (Lipinski definition) is 1. The molecule has 0 radical (unpaired) electrons. The number of rotatable bonds is 4. The number of methoxy groups -OCH3 is 1. The molecule has 2 aromatic rings. The predicted molar refractivity (Wildman–Crippen MR) is 69.1 cm³/mol. The number of hydrogen-bond acceptors (Lipinski definition) is 3. The van der Waals surface area contributed by atoms with Crippen LogP contribution in [0.4, 0.5) is 0 Å². The Hall–Kier alpha value is -1.55. The summed E-state index contributed by atoms with van der Waals surface area (Å²) in [7, 11) is 1.65. The quantitative estimate of drug-likeness (QED) is 0.906. The van der Waals surface area contributed by atoms with Crippen molar-refractivity contribution in [2.45, 2.75) is 19.8 Å². The average Bonchev–Trinajstić information content (AvgIpc) is 2.63. The van der Waals surface area contributed by atoms with Gasteiger partial charge in [-0.05, 0) is 42.5 Å². The molecule has 1 N–H and O–H groups in total. The number of carboxylic acids is 1. The molecule has 4 heteroatoms. The van der Waals surface area contributed by atoms with Gasteiger partial charge in [-0.15, -0.1) is 11.3 Å². The van der Waals surface area contributed by atoms with Crippen LogP contribution in [-0.2, 0) is 11.2 Å². The van der Waals surface area contributed by atoms with Crippen LogP contribution in [0, 0.1) is 6.92 Å². The van der Waals surface area contributed by atoms with Gasteiger partial charge in [-0.1, -0.05) is 0 Å². The molecule has 0 aliphatic rings. The first-order valence-corrected chi connectivity index (χ1v) is 6.21. The van der Waals surface area contributed by atoms with E-state index >= 15 is 0 Å². The molecule has 0 bridgehead atoms. The molecule has 0 saturated carbocycles. The molecule has 0 aliphatic heterocycles. The van der Waals surface area contributed by atoms with Crippen LogP contribution in [0.3, 0.4) is 0 Å². The molecule has 1 aromatic heterocycles. The lowest BCUT2D eigenvalue weighted by molar-refractivity contribution is -0.136. The van der Waals surface area contributed by atoms with Gasteiger partial charge in [0.15, 0.2) is 0 Å². The lowest BCUT2D eigenvalue weighted by Crippen LogP contribution is -1.96. The highest BCUT2D eigenvalue weighted by Crippen LogP contribution is 2.33. The zero-order chi connectivity index (χ0) is 12.4. The van der Waals surface area contributed by atoms with E-state index in [-0.39, 0.29) is 6.42 Å². The van der Waals surface area contributed by atoms with Crippen LogP contribution in [0.2, 0.25) is 0 Å². The topological polar surface area (TPSA) is 46.5 Å². The number of aliphatic carboxylic acids is 1. The predicted octanol–water partition coefficient (Wildman–Crippen LogP) is 3.24. The Balaban J connectivity index is 2.38. The maximum atomic E-state index is 10.6. The van der Waals surface area contributed by atoms with Gasteiger partial charge >= 0.3 is 5.97 Å². The number of thiophene rings is 1. The number of benzene rings is 1. The average molecular weight is 250 g/mol. The summed E-state index contributed by atoms with van der Waals surface area (Å²) in [5, 5.41) is 9.87. The summed E-state index contributed by atoms with van der Waals surface area (Å²) in [5.74, 6) is 0.0858. The van der Waals surface area contributed by atoms with Gasteiger partial charge in [0, 0.05) is 9.58 Å². The highest BCUT2D eigenvalue weighted by Gasteiger charge is 2.10. The van der Waals surface area contributed by atoms with Crippen LogP contribution in [-0.4, -0.2) is 18.2 Å². The lowest BCUT2D eigenvalue weighted by atomic mass is 10.1. The Bertz CT molecular complexity index is 557. The molecule has 17 heavy (non-hydrogen) atoms. The second kappa shape index (κ2) is 4.75. The molecule has 3 nitrogen and oxygen atoms in total. The maximum absolute atomic E-state index is 10.6. The minimum atomic E-state index is -0.751. The van der Waals surface area contributed by atoms with Crippen molar-refractivity contribution in [3.05, 3.63) is 28.6 Å². The second-order valence-electron chi connectivity index (χ2n) is 3.91. The van der Waals surface area contributed by atoms with Crippen molar-refractivity contribution in [1.29, 1.82) is 0 Å². The molecule has 1 aromatic carbocycles. The van der Waals surface area contributed by atoms with Crippen LogP contribution in [0.15, 0.2) is 18.2 Å². The summed E-state index contributed by atoms with van der Waals surface area (Å²) in [6.07, 6.45) is 0.785. The van der Waals surface area contributed by atoms with Gasteiger partial charge in [-0.2, -0.15) is 0 Å². The van der Waals surface area contributed by atoms with Crippen LogP contribution in [0.25, 0.3) is 10.1 Å². The van der Waals surface area contributed by atoms with Crippen molar-refractivity contribution in [2.24, 2.45) is 0 Å². The van der Waals surface area contributed by atoms with Gasteiger partial charge in [0.05, 0.1) is 13.5 Å². The fourth-order valence-corrected chi connectivity index (χ4v) is 3.03. The van der Waals surface area contributed by atoms with Crippen molar-refractivity contribution in [2.75, 3.05) is 7.11 Å². The third kappa shape index (κ3) is 2.42. The smallest absolute Gasteiger partial charge is 0.303 e. The Morgan fingerprint density at radius 1 is 1.47 bits per heavy atom. The SMILES string of the molecule is COc1ccc2sc(CCC(=O)O)c(C)c2c1. The molecule has 0 unspecified atom stereocenters. The van der Waals surface area contributed by atoms with E-state index in [4.69, 9.17) is 9.84 Å². The molecule has 0 aliphatic carbocycles. The fraction of sp³-hybridized carbons (Fsp3) is 0.308. The summed E-state index contributed by atoms with van der Waals surface area (Å²) < 4.78 is 6.38. The fourth-order valence-electron chi connectivity index (χ4n) is 1.84. The number of aryl methyl sites for hydroxylation is 2. The standard InChI is InChI=1S/C13H14O3S/c1-8-10-7-9(16-2)3-4-12(10)17-11(8)5-6-13(14)15/h3-4,7H,5-6H2,1-2H3,(H,14,15). The van der Waals surface area contributed by atoms with Crippen molar-refractivity contribution >= 4 is 27.4 Å². The Kier molecular flexibility index (Phi) is 3.33. The first-order chi connectivity index (χ1) is 8.11. The Labute approximate surface area is 104 Å². The van der Waals surface area contributed by atoms with Crippen LogP contribution >= 0.6 is 11.3 Å². The molecule has 0 amide bonds. The highest BCUT2D eigenvalue weighted by molar-refractivity contribution is 7.19. The van der Waals surface area contributed by atoms with Gasteiger partial charge in [-0.3, -0.25) is 4.79 Å². The van der Waals surface area contributed by atoms with Gasteiger partial charge in [-0.25, -0.2) is 0 Å². The molecular formula is C13H14O3S. The van der Waals surface area contributed by atoms with Gasteiger partial charge in [0.25, 0.3) is 0 Å². The molecule has 0 saturated heterocycles. The minimum absolute atomic E-state index is 0.185. The molecule has 0 fully saturated rings. The summed E-state index contributed by atoms with van der Waals surface area (Å²) in [6, 6.07) is 5.96. The molecule has 1 heterocycles. The summed E-state index contributed by atoms with van der Waals surface area (Å²) in [4.78, 5) is 11.7. The van der Waals surface area contributed by atoms with E-state index < -0.39 is 5.97 Å². The summed E-state index contributed by atoms with van der Waals surface area (Å²) >= 11 is 1.67. The van der Waals surface area contributed by atoms with E-state index in [1.165, 1.54) is 10.3 Å². The van der Waals surface area contributed by atoms with Crippen LogP contribution in [0.1, 0.15) is 16.9 Å². The Morgan fingerprint density at radius 2 is 2.24 bits per heavy atom. The summed E-state index contributed by atoms with van der Waals surface area (Å²) in [6.45, 7) is 2.04. The van der Waals surface area contributed by atoms with Crippen LogP contribution < -0.4 is 4.74 Å². The third-order valence-electron chi connectivity index (χ3n) is 2.81. The third-order valence-corrected chi connectivity index (χ3v) is 4.14. The highest BCUT2D eigenvalue weighted by atomic mass is 32.1. The zero-order valence-corrected chi connectivity index (χ0v) is 10.6. The molecule has 0 atom stereocenters. The van der Waals surface area contributed by atoms with E-state index in [0.717, 1.165) is 16.0 Å². The number of ether oxygens (including phenoxy) is 1. The van der Waals surface area contributed by atoms with Crippen LogP contribution in [0.5, 0.6) is 5.75 Å². The Morgan fingerprint density at radius 3 is 2.88 bits per heavy atom. The normalized spacial score (nSPS) is 10.7. The number of carbonyl (C=O) groups is 1. The zero-order valence-electron chi connectivity index (χ0n) is 9.82. The van der Waals surface area contributed by atoms with E-state index in [1.807, 2.05) is 25.1 Å².